The highest BCUT2D eigenvalue weighted by Crippen LogP contribution is 2.27. The largest absolute Gasteiger partial charge is 0.480 e. The highest BCUT2D eigenvalue weighted by Gasteiger charge is 2.28. The first-order chi connectivity index (χ1) is 11.3. The normalized spacial score (nSPS) is 21.4. The molecule has 2 aromatic heterocycles. The Balaban J connectivity index is 2.25. The fourth-order valence-corrected chi connectivity index (χ4v) is 3.58. The van der Waals surface area contributed by atoms with Crippen molar-refractivity contribution < 1.29 is 9.90 Å². The molecule has 9 nitrogen and oxygen atoms in total. The highest BCUT2D eigenvalue weighted by atomic mass is 16.4. The van der Waals surface area contributed by atoms with E-state index in [0.717, 1.165) is 19.5 Å². The molecule has 1 aliphatic rings. The predicted molar refractivity (Wildman–Crippen MR) is 88.4 cm³/mol. The third kappa shape index (κ3) is 2.70. The summed E-state index contributed by atoms with van der Waals surface area (Å²) in [6.07, 6.45) is 1.09. The van der Waals surface area contributed by atoms with Gasteiger partial charge in [0.05, 0.1) is 0 Å². The SMILES string of the molecule is C[C@@H]1C[C@H](C)CN(c2nc3c(c(=O)[nH]c(=O)n3C)n2CC(=O)O)C1. The number of hydrogen-bond donors (Lipinski definition) is 2. The number of fused-ring (bicyclic) bond motifs is 1. The lowest BCUT2D eigenvalue weighted by Gasteiger charge is -2.35. The average molecular weight is 335 g/mol. The number of nitrogens with zero attached hydrogens (tertiary/aromatic N) is 4. The van der Waals surface area contributed by atoms with Crippen LogP contribution in [0.3, 0.4) is 0 Å². The number of aliphatic carboxylic acids is 1. The first kappa shape index (κ1) is 16.3. The van der Waals surface area contributed by atoms with Gasteiger partial charge >= 0.3 is 11.7 Å². The van der Waals surface area contributed by atoms with Crippen molar-refractivity contribution >= 4 is 23.1 Å². The third-order valence-corrected chi connectivity index (χ3v) is 4.43. The molecule has 2 atom stereocenters. The summed E-state index contributed by atoms with van der Waals surface area (Å²) in [6, 6.07) is 0. The molecule has 2 N–H and O–H groups in total. The lowest BCUT2D eigenvalue weighted by molar-refractivity contribution is -0.137. The van der Waals surface area contributed by atoms with E-state index in [1.54, 1.807) is 0 Å². The van der Waals surface area contributed by atoms with Gasteiger partial charge < -0.3 is 10.0 Å². The average Bonchev–Trinajstić information content (AvgIpc) is 2.83. The van der Waals surface area contributed by atoms with Crippen molar-refractivity contribution in [1.82, 2.24) is 19.1 Å². The zero-order chi connectivity index (χ0) is 17.6. The summed E-state index contributed by atoms with van der Waals surface area (Å²) in [6.45, 7) is 5.36. The number of aryl methyl sites for hydroxylation is 1. The van der Waals surface area contributed by atoms with Gasteiger partial charge in [0.1, 0.15) is 6.54 Å². The van der Waals surface area contributed by atoms with E-state index < -0.39 is 17.2 Å². The number of H-pyrrole nitrogens is 1. The third-order valence-electron chi connectivity index (χ3n) is 4.43. The molecule has 9 heteroatoms. The minimum atomic E-state index is -1.07. The molecule has 2 aromatic rings. The van der Waals surface area contributed by atoms with Crippen LogP contribution in [-0.2, 0) is 18.4 Å². The summed E-state index contributed by atoms with van der Waals surface area (Å²) < 4.78 is 2.62. The van der Waals surface area contributed by atoms with Gasteiger partial charge in [-0.05, 0) is 18.3 Å². The molecular formula is C15H21N5O4. The minimum Gasteiger partial charge on any atom is -0.480 e. The number of carbonyl (C=O) groups is 1. The molecule has 3 heterocycles. The van der Waals surface area contributed by atoms with Crippen LogP contribution < -0.4 is 16.1 Å². The maximum Gasteiger partial charge on any atom is 0.329 e. The van der Waals surface area contributed by atoms with Gasteiger partial charge in [0, 0.05) is 20.1 Å². The minimum absolute atomic E-state index is 0.111. The number of carboxylic acids is 1. The summed E-state index contributed by atoms with van der Waals surface area (Å²) >= 11 is 0. The van der Waals surface area contributed by atoms with Crippen molar-refractivity contribution in [3.8, 4) is 0 Å². The molecule has 130 valence electrons. The van der Waals surface area contributed by atoms with Gasteiger partial charge in [0.25, 0.3) is 5.56 Å². The molecule has 0 bridgehead atoms. The fraction of sp³-hybridized carbons (Fsp3) is 0.600. The summed E-state index contributed by atoms with van der Waals surface area (Å²) in [5.41, 5.74) is -0.878. The summed E-state index contributed by atoms with van der Waals surface area (Å²) in [5, 5.41) is 9.24. The van der Waals surface area contributed by atoms with Crippen molar-refractivity contribution in [2.24, 2.45) is 18.9 Å². The van der Waals surface area contributed by atoms with Crippen LogP contribution in [-0.4, -0.2) is 43.3 Å². The van der Waals surface area contributed by atoms with E-state index in [1.807, 2.05) is 4.90 Å². The standard InChI is InChI=1S/C15H21N5O4/c1-8-4-9(2)6-19(5-8)14-16-12-11(20(14)7-10(21)22)13(23)17-15(24)18(12)3/h8-9H,4-7H2,1-3H3,(H,21,22)(H,17,23,24)/t8-,9+. The van der Waals surface area contributed by atoms with Crippen LogP contribution in [0.2, 0.25) is 0 Å². The number of hydrogen-bond acceptors (Lipinski definition) is 5. The van der Waals surface area contributed by atoms with Crippen molar-refractivity contribution in [1.29, 1.82) is 0 Å². The summed E-state index contributed by atoms with van der Waals surface area (Å²) in [5.74, 6) is 0.238. The number of carboxylic acid groups (broad SMARTS) is 1. The van der Waals surface area contributed by atoms with E-state index in [-0.39, 0.29) is 17.7 Å². The maximum atomic E-state index is 12.2. The van der Waals surface area contributed by atoms with Crippen LogP contribution in [0.5, 0.6) is 0 Å². The Bertz CT molecular complexity index is 899. The predicted octanol–water partition coefficient (Wildman–Crippen LogP) is -0.00980. The van der Waals surface area contributed by atoms with Crippen LogP contribution in [0.4, 0.5) is 5.95 Å². The van der Waals surface area contributed by atoms with E-state index in [2.05, 4.69) is 23.8 Å². The van der Waals surface area contributed by atoms with Crippen molar-refractivity contribution in [2.45, 2.75) is 26.8 Å². The second-order valence-electron chi connectivity index (χ2n) is 6.73. The maximum absolute atomic E-state index is 12.2. The Morgan fingerprint density at radius 3 is 2.50 bits per heavy atom. The Morgan fingerprint density at radius 1 is 1.29 bits per heavy atom. The Labute approximate surface area is 137 Å². The van der Waals surface area contributed by atoms with Crippen LogP contribution in [0, 0.1) is 11.8 Å². The topological polar surface area (TPSA) is 113 Å². The zero-order valence-corrected chi connectivity index (χ0v) is 13.9. The molecule has 0 aromatic carbocycles. The van der Waals surface area contributed by atoms with Crippen LogP contribution >= 0.6 is 0 Å². The molecule has 1 saturated heterocycles. The molecule has 0 aliphatic carbocycles. The summed E-state index contributed by atoms with van der Waals surface area (Å²) in [7, 11) is 1.50. The van der Waals surface area contributed by atoms with E-state index in [1.165, 1.54) is 16.2 Å². The number of aromatic amines is 1. The molecule has 0 unspecified atom stereocenters. The molecule has 0 spiro atoms. The van der Waals surface area contributed by atoms with Crippen molar-refractivity contribution in [3.05, 3.63) is 20.8 Å². The molecule has 1 aliphatic heterocycles. The second-order valence-corrected chi connectivity index (χ2v) is 6.73. The molecule has 1 fully saturated rings. The lowest BCUT2D eigenvalue weighted by Crippen LogP contribution is -2.40. The number of imidazole rings is 1. The molecular weight excluding hydrogens is 314 g/mol. The van der Waals surface area contributed by atoms with Crippen LogP contribution in [0.1, 0.15) is 20.3 Å². The second kappa shape index (κ2) is 5.81. The van der Waals surface area contributed by atoms with Crippen molar-refractivity contribution in [2.75, 3.05) is 18.0 Å². The Kier molecular flexibility index (Phi) is 3.94. The number of nitrogens with one attached hydrogen (secondary N) is 1. The number of anilines is 1. The van der Waals surface area contributed by atoms with Gasteiger partial charge in [0.2, 0.25) is 5.95 Å². The Morgan fingerprint density at radius 2 is 1.92 bits per heavy atom. The van der Waals surface area contributed by atoms with E-state index in [4.69, 9.17) is 0 Å². The molecule has 0 radical (unpaired) electrons. The zero-order valence-electron chi connectivity index (χ0n) is 13.9. The Hall–Kier alpha value is -2.58. The van der Waals surface area contributed by atoms with Gasteiger partial charge in [-0.25, -0.2) is 4.79 Å². The van der Waals surface area contributed by atoms with Gasteiger partial charge in [-0.2, -0.15) is 4.98 Å². The smallest absolute Gasteiger partial charge is 0.329 e. The molecule has 0 amide bonds. The number of piperidine rings is 1. The van der Waals surface area contributed by atoms with E-state index in [0.29, 0.717) is 17.8 Å². The first-order valence-corrected chi connectivity index (χ1v) is 7.94. The van der Waals surface area contributed by atoms with Gasteiger partial charge in [-0.1, -0.05) is 13.8 Å². The molecule has 24 heavy (non-hydrogen) atoms. The molecule has 3 rings (SSSR count). The van der Waals surface area contributed by atoms with Gasteiger partial charge in [-0.3, -0.25) is 23.7 Å². The molecule has 0 saturated carbocycles. The van der Waals surface area contributed by atoms with E-state index in [9.17, 15) is 19.5 Å². The fourth-order valence-electron chi connectivity index (χ4n) is 3.58. The van der Waals surface area contributed by atoms with Gasteiger partial charge in [-0.15, -0.1) is 0 Å². The van der Waals surface area contributed by atoms with Crippen LogP contribution in [0.15, 0.2) is 9.59 Å². The summed E-state index contributed by atoms with van der Waals surface area (Å²) in [4.78, 5) is 44.0. The number of aromatic nitrogens is 4. The lowest BCUT2D eigenvalue weighted by atomic mass is 9.92. The van der Waals surface area contributed by atoms with Crippen LogP contribution in [0.25, 0.3) is 11.2 Å². The van der Waals surface area contributed by atoms with E-state index >= 15 is 0 Å². The quantitative estimate of drug-likeness (QED) is 0.816. The number of rotatable bonds is 3. The highest BCUT2D eigenvalue weighted by molar-refractivity contribution is 5.78. The van der Waals surface area contributed by atoms with Gasteiger partial charge in [0.15, 0.2) is 11.2 Å². The van der Waals surface area contributed by atoms with Crippen molar-refractivity contribution in [3.63, 3.8) is 0 Å². The first-order valence-electron chi connectivity index (χ1n) is 7.94. The monoisotopic (exact) mass is 335 g/mol.